The zero-order chi connectivity index (χ0) is 13.1. The van der Waals surface area contributed by atoms with Gasteiger partial charge in [-0.1, -0.05) is 18.2 Å². The zero-order valence-electron chi connectivity index (χ0n) is 11.0. The molecule has 2 aromatic rings. The van der Waals surface area contributed by atoms with Crippen LogP contribution in [0.1, 0.15) is 16.7 Å². The molecule has 0 spiro atoms. The average Bonchev–Trinajstić information content (AvgIpc) is 2.33. The molecule has 2 rings (SSSR count). The van der Waals surface area contributed by atoms with Crippen LogP contribution in [0, 0.1) is 19.7 Å². The van der Waals surface area contributed by atoms with Gasteiger partial charge in [0.15, 0.2) is 0 Å². The molecule has 0 unspecified atom stereocenters. The molecule has 0 aliphatic carbocycles. The third-order valence-electron chi connectivity index (χ3n) is 3.16. The van der Waals surface area contributed by atoms with E-state index in [1.807, 2.05) is 20.0 Å². The second-order valence-corrected chi connectivity index (χ2v) is 4.64. The minimum Gasteiger partial charge on any atom is -0.316 e. The molecule has 0 bridgehead atoms. The van der Waals surface area contributed by atoms with E-state index in [2.05, 4.69) is 30.4 Å². The molecule has 2 heteroatoms. The fourth-order valence-electron chi connectivity index (χ4n) is 2.20. The Kier molecular flexibility index (Phi) is 3.78. The second kappa shape index (κ2) is 5.32. The highest BCUT2D eigenvalue weighted by Crippen LogP contribution is 2.28. The normalized spacial score (nSPS) is 10.7. The summed E-state index contributed by atoms with van der Waals surface area (Å²) < 4.78 is 13.2. The number of hydrogen-bond acceptors (Lipinski definition) is 1. The summed E-state index contributed by atoms with van der Waals surface area (Å²) >= 11 is 0. The Morgan fingerprint density at radius 2 is 1.72 bits per heavy atom. The molecule has 0 amide bonds. The van der Waals surface area contributed by atoms with E-state index in [1.165, 1.54) is 22.8 Å². The lowest BCUT2D eigenvalue weighted by Gasteiger charge is -2.11. The topological polar surface area (TPSA) is 12.0 Å². The lowest BCUT2D eigenvalue weighted by molar-refractivity contribution is 0.627. The number of halogens is 1. The summed E-state index contributed by atoms with van der Waals surface area (Å²) in [7, 11) is 1.93. The molecule has 18 heavy (non-hydrogen) atoms. The van der Waals surface area contributed by atoms with Crippen LogP contribution >= 0.6 is 0 Å². The summed E-state index contributed by atoms with van der Waals surface area (Å²) in [5.41, 5.74) is 5.71. The van der Waals surface area contributed by atoms with Crippen LogP contribution in [0.5, 0.6) is 0 Å². The Hall–Kier alpha value is -1.67. The molecule has 0 saturated carbocycles. The largest absolute Gasteiger partial charge is 0.316 e. The summed E-state index contributed by atoms with van der Waals surface area (Å²) in [6.07, 6.45) is 0. The predicted octanol–water partition coefficient (Wildman–Crippen LogP) is 3.83. The van der Waals surface area contributed by atoms with E-state index in [9.17, 15) is 4.39 Å². The van der Waals surface area contributed by atoms with Gasteiger partial charge in [0, 0.05) is 6.54 Å². The maximum Gasteiger partial charge on any atom is 0.123 e. The van der Waals surface area contributed by atoms with E-state index < -0.39 is 0 Å². The van der Waals surface area contributed by atoms with Gasteiger partial charge in [-0.3, -0.25) is 0 Å². The average molecular weight is 243 g/mol. The van der Waals surface area contributed by atoms with Crippen molar-refractivity contribution in [1.29, 1.82) is 0 Å². The number of aryl methyl sites for hydroxylation is 2. The lowest BCUT2D eigenvalue weighted by atomic mass is 9.95. The number of rotatable bonds is 3. The van der Waals surface area contributed by atoms with E-state index in [0.29, 0.717) is 0 Å². The molecule has 94 valence electrons. The van der Waals surface area contributed by atoms with E-state index in [-0.39, 0.29) is 5.82 Å². The molecule has 0 aliphatic heterocycles. The van der Waals surface area contributed by atoms with E-state index >= 15 is 0 Å². The van der Waals surface area contributed by atoms with Gasteiger partial charge in [-0.2, -0.15) is 0 Å². The first kappa shape index (κ1) is 12.8. The van der Waals surface area contributed by atoms with Crippen molar-refractivity contribution in [2.75, 3.05) is 7.05 Å². The smallest absolute Gasteiger partial charge is 0.123 e. The van der Waals surface area contributed by atoms with Crippen molar-refractivity contribution in [3.05, 3.63) is 58.9 Å². The second-order valence-electron chi connectivity index (χ2n) is 4.64. The molecule has 0 atom stereocenters. The highest BCUT2D eigenvalue weighted by Gasteiger charge is 2.07. The molecular weight excluding hydrogens is 225 g/mol. The quantitative estimate of drug-likeness (QED) is 0.864. The van der Waals surface area contributed by atoms with Crippen LogP contribution in [-0.4, -0.2) is 7.05 Å². The van der Waals surface area contributed by atoms with Crippen LogP contribution in [0.2, 0.25) is 0 Å². The number of hydrogen-bond donors (Lipinski definition) is 1. The molecule has 1 nitrogen and oxygen atoms in total. The van der Waals surface area contributed by atoms with Gasteiger partial charge < -0.3 is 5.32 Å². The van der Waals surface area contributed by atoms with Gasteiger partial charge in [0.2, 0.25) is 0 Å². The van der Waals surface area contributed by atoms with Crippen molar-refractivity contribution in [2.24, 2.45) is 0 Å². The van der Waals surface area contributed by atoms with Crippen LogP contribution in [-0.2, 0) is 6.54 Å². The van der Waals surface area contributed by atoms with Gasteiger partial charge in [-0.15, -0.1) is 0 Å². The van der Waals surface area contributed by atoms with Crippen molar-refractivity contribution >= 4 is 0 Å². The maximum absolute atomic E-state index is 13.2. The lowest BCUT2D eigenvalue weighted by Crippen LogP contribution is -2.05. The minimum atomic E-state index is -0.180. The first-order valence-corrected chi connectivity index (χ1v) is 6.12. The molecule has 0 heterocycles. The Morgan fingerprint density at radius 3 is 2.39 bits per heavy atom. The Balaban J connectivity index is 2.51. The van der Waals surface area contributed by atoms with Gasteiger partial charge in [0.05, 0.1) is 0 Å². The molecule has 2 aromatic carbocycles. The number of nitrogens with one attached hydrogen (secondary N) is 1. The fourth-order valence-corrected chi connectivity index (χ4v) is 2.20. The molecule has 0 fully saturated rings. The van der Waals surface area contributed by atoms with Crippen molar-refractivity contribution in [1.82, 2.24) is 5.32 Å². The van der Waals surface area contributed by atoms with Gasteiger partial charge in [0.1, 0.15) is 5.82 Å². The zero-order valence-corrected chi connectivity index (χ0v) is 11.0. The molecule has 0 saturated heterocycles. The van der Waals surface area contributed by atoms with Gasteiger partial charge in [-0.25, -0.2) is 4.39 Å². The Morgan fingerprint density at radius 1 is 0.944 bits per heavy atom. The standard InChI is InChI=1S/C16H18FN/c1-11-4-5-13(10-18-3)9-16(11)15-7-6-14(17)8-12(15)2/h4-9,18H,10H2,1-3H3. The van der Waals surface area contributed by atoms with Crippen LogP contribution in [0.25, 0.3) is 11.1 Å². The van der Waals surface area contributed by atoms with Crippen LogP contribution in [0.15, 0.2) is 36.4 Å². The minimum absolute atomic E-state index is 0.180. The van der Waals surface area contributed by atoms with Crippen molar-refractivity contribution in [3.8, 4) is 11.1 Å². The molecule has 0 aromatic heterocycles. The van der Waals surface area contributed by atoms with E-state index in [4.69, 9.17) is 0 Å². The summed E-state index contributed by atoms with van der Waals surface area (Å²) in [6.45, 7) is 4.87. The van der Waals surface area contributed by atoms with Gasteiger partial charge >= 0.3 is 0 Å². The Bertz CT molecular complexity index is 561. The maximum atomic E-state index is 13.2. The van der Waals surface area contributed by atoms with Crippen molar-refractivity contribution < 1.29 is 4.39 Å². The SMILES string of the molecule is CNCc1ccc(C)c(-c2ccc(F)cc2C)c1. The predicted molar refractivity (Wildman–Crippen MR) is 74.1 cm³/mol. The van der Waals surface area contributed by atoms with E-state index in [1.54, 1.807) is 6.07 Å². The van der Waals surface area contributed by atoms with Crippen LogP contribution < -0.4 is 5.32 Å². The molecular formula is C16H18FN. The summed E-state index contributed by atoms with van der Waals surface area (Å²) in [4.78, 5) is 0. The monoisotopic (exact) mass is 243 g/mol. The first-order valence-electron chi connectivity index (χ1n) is 6.12. The van der Waals surface area contributed by atoms with Crippen LogP contribution in [0.3, 0.4) is 0 Å². The van der Waals surface area contributed by atoms with Crippen molar-refractivity contribution in [3.63, 3.8) is 0 Å². The van der Waals surface area contributed by atoms with Crippen molar-refractivity contribution in [2.45, 2.75) is 20.4 Å². The highest BCUT2D eigenvalue weighted by molar-refractivity contribution is 5.71. The van der Waals surface area contributed by atoms with Gasteiger partial charge in [0.25, 0.3) is 0 Å². The molecule has 0 radical (unpaired) electrons. The summed E-state index contributed by atoms with van der Waals surface area (Å²) in [5.74, 6) is -0.180. The molecule has 0 aliphatic rings. The Labute approximate surface area is 108 Å². The third kappa shape index (κ3) is 2.59. The van der Waals surface area contributed by atoms with Crippen LogP contribution in [0.4, 0.5) is 4.39 Å². The molecule has 1 N–H and O–H groups in total. The van der Waals surface area contributed by atoms with Gasteiger partial charge in [-0.05, 0) is 66.9 Å². The third-order valence-corrected chi connectivity index (χ3v) is 3.16. The highest BCUT2D eigenvalue weighted by atomic mass is 19.1. The number of benzene rings is 2. The summed E-state index contributed by atoms with van der Waals surface area (Å²) in [6, 6.07) is 11.4. The first-order chi connectivity index (χ1) is 8.61. The summed E-state index contributed by atoms with van der Waals surface area (Å²) in [5, 5.41) is 3.15. The van der Waals surface area contributed by atoms with E-state index in [0.717, 1.165) is 17.7 Å². The fraction of sp³-hybridized carbons (Fsp3) is 0.250.